The van der Waals surface area contributed by atoms with Crippen molar-refractivity contribution in [3.8, 4) is 16.9 Å². The quantitative estimate of drug-likeness (QED) is 0.633. The van der Waals surface area contributed by atoms with Gasteiger partial charge in [-0.3, -0.25) is 9.79 Å². The molecule has 0 fully saturated rings. The fourth-order valence-electron chi connectivity index (χ4n) is 3.19. The van der Waals surface area contributed by atoms with E-state index in [-0.39, 0.29) is 6.17 Å². The van der Waals surface area contributed by atoms with E-state index in [1.165, 1.54) is 0 Å². The summed E-state index contributed by atoms with van der Waals surface area (Å²) in [5.74, 6) is 0.439. The summed E-state index contributed by atoms with van der Waals surface area (Å²) in [5.41, 5.74) is 10.8. The fourth-order valence-corrected chi connectivity index (χ4v) is 3.41. The Bertz CT molecular complexity index is 1130. The minimum Gasteiger partial charge on any atom is -0.313 e. The molecule has 0 aliphatic carbocycles. The van der Waals surface area contributed by atoms with E-state index in [0.29, 0.717) is 29.4 Å². The summed E-state index contributed by atoms with van der Waals surface area (Å²) in [4.78, 5) is 19.6. The largest absolute Gasteiger partial charge is 0.313 e. The van der Waals surface area contributed by atoms with Crippen molar-refractivity contribution in [2.75, 3.05) is 5.32 Å². The van der Waals surface area contributed by atoms with Crippen LogP contribution in [0.1, 0.15) is 17.5 Å². The van der Waals surface area contributed by atoms with E-state index in [4.69, 9.17) is 22.4 Å². The van der Waals surface area contributed by atoms with Crippen LogP contribution in [0.25, 0.3) is 16.9 Å². The molecule has 146 valence electrons. The lowest BCUT2D eigenvalue weighted by atomic mass is 10.0. The molecule has 7 nitrogen and oxygen atoms in total. The monoisotopic (exact) mass is 406 g/mol. The van der Waals surface area contributed by atoms with Crippen molar-refractivity contribution in [1.82, 2.24) is 14.8 Å². The van der Waals surface area contributed by atoms with E-state index >= 15 is 0 Å². The number of allylic oxidation sites excluding steroid dienone is 1. The van der Waals surface area contributed by atoms with Crippen molar-refractivity contribution in [2.24, 2.45) is 10.7 Å². The molecule has 8 heteroatoms. The zero-order valence-electron chi connectivity index (χ0n) is 15.7. The number of hydrogen-bond acceptors (Lipinski definition) is 5. The van der Waals surface area contributed by atoms with Crippen LogP contribution in [-0.4, -0.2) is 33.1 Å². The number of rotatable bonds is 5. The van der Waals surface area contributed by atoms with Gasteiger partial charge >= 0.3 is 0 Å². The summed E-state index contributed by atoms with van der Waals surface area (Å²) < 4.78 is 1.75. The molecule has 1 unspecified atom stereocenters. The highest BCUT2D eigenvalue weighted by Crippen LogP contribution is 2.31. The van der Waals surface area contributed by atoms with Gasteiger partial charge in [-0.2, -0.15) is 5.10 Å². The van der Waals surface area contributed by atoms with Gasteiger partial charge in [0.05, 0.1) is 16.4 Å². The number of aliphatic imine (C=N–C) groups is 1. The van der Waals surface area contributed by atoms with Gasteiger partial charge in [-0.05, 0) is 24.6 Å². The number of nitrogens with two attached hydrogens (primary N) is 1. The van der Waals surface area contributed by atoms with Crippen LogP contribution in [-0.2, 0) is 4.79 Å². The second-order valence-corrected chi connectivity index (χ2v) is 7.06. The molecule has 4 rings (SSSR count). The van der Waals surface area contributed by atoms with Gasteiger partial charge in [-0.15, -0.1) is 0 Å². The molecule has 3 heterocycles. The van der Waals surface area contributed by atoms with E-state index in [2.05, 4.69) is 15.3 Å². The lowest BCUT2D eigenvalue weighted by Crippen LogP contribution is -2.21. The molecule has 0 radical (unpaired) electrons. The Morgan fingerprint density at radius 3 is 2.90 bits per heavy atom. The van der Waals surface area contributed by atoms with Gasteiger partial charge in [0.15, 0.2) is 0 Å². The Balaban J connectivity index is 1.91. The molecule has 0 saturated carbocycles. The first-order chi connectivity index (χ1) is 14.1. The third kappa shape index (κ3) is 3.83. The number of aryl methyl sites for hydroxylation is 1. The van der Waals surface area contributed by atoms with Crippen molar-refractivity contribution < 1.29 is 4.79 Å². The topological polar surface area (TPSA) is 98.2 Å². The van der Waals surface area contributed by atoms with E-state index in [0.717, 1.165) is 28.1 Å². The molecule has 0 bridgehead atoms. The van der Waals surface area contributed by atoms with Gasteiger partial charge in [-0.1, -0.05) is 35.9 Å². The van der Waals surface area contributed by atoms with Crippen LogP contribution in [0.5, 0.6) is 0 Å². The first-order valence-electron chi connectivity index (χ1n) is 9.09. The van der Waals surface area contributed by atoms with Gasteiger partial charge in [-0.25, -0.2) is 9.67 Å². The number of aromatic nitrogens is 3. The highest BCUT2D eigenvalue weighted by molar-refractivity contribution is 6.33. The van der Waals surface area contributed by atoms with Gasteiger partial charge in [0.1, 0.15) is 17.7 Å². The molecule has 1 aliphatic heterocycles. The third-order valence-electron chi connectivity index (χ3n) is 4.61. The predicted molar refractivity (Wildman–Crippen MR) is 114 cm³/mol. The number of nitrogens with zero attached hydrogens (tertiary/aromatic N) is 4. The lowest BCUT2D eigenvalue weighted by Gasteiger charge is -2.12. The first kappa shape index (κ1) is 19.0. The molecule has 3 aromatic rings. The first-order valence-corrected chi connectivity index (χ1v) is 9.46. The third-order valence-corrected chi connectivity index (χ3v) is 4.94. The van der Waals surface area contributed by atoms with Crippen LogP contribution in [0, 0.1) is 6.92 Å². The Morgan fingerprint density at radius 2 is 2.14 bits per heavy atom. The molecule has 1 amide bonds. The van der Waals surface area contributed by atoms with Crippen LogP contribution in [0.3, 0.4) is 0 Å². The van der Waals surface area contributed by atoms with Crippen molar-refractivity contribution in [3.63, 3.8) is 0 Å². The summed E-state index contributed by atoms with van der Waals surface area (Å²) >= 11 is 6.46. The Kier molecular flexibility index (Phi) is 5.24. The Hall–Kier alpha value is -3.29. The molecule has 0 spiro atoms. The van der Waals surface area contributed by atoms with Gasteiger partial charge in [0.25, 0.3) is 0 Å². The molecule has 1 aliphatic rings. The zero-order valence-corrected chi connectivity index (χ0v) is 16.5. The molecule has 29 heavy (non-hydrogen) atoms. The summed E-state index contributed by atoms with van der Waals surface area (Å²) in [5, 5.41) is 7.97. The second-order valence-electron chi connectivity index (χ2n) is 6.65. The summed E-state index contributed by atoms with van der Waals surface area (Å²) in [6.07, 6.45) is 8.54. The minimum atomic E-state index is -0.288. The molecule has 3 N–H and O–H groups in total. The fraction of sp³-hybridized carbons (Fsp3) is 0.143. The number of carbonyl (C=O) groups is 1. The number of nitrogens with one attached hydrogen (secondary N) is 1. The van der Waals surface area contributed by atoms with E-state index in [1.807, 2.05) is 49.5 Å². The van der Waals surface area contributed by atoms with E-state index in [9.17, 15) is 4.79 Å². The predicted octanol–water partition coefficient (Wildman–Crippen LogP) is 3.50. The summed E-state index contributed by atoms with van der Waals surface area (Å²) in [6, 6.07) is 9.30. The van der Waals surface area contributed by atoms with Crippen LogP contribution in [0.2, 0.25) is 5.02 Å². The number of amides is 1. The maximum absolute atomic E-state index is 10.8. The number of halogens is 1. The van der Waals surface area contributed by atoms with Crippen LogP contribution in [0.15, 0.2) is 59.9 Å². The lowest BCUT2D eigenvalue weighted by molar-refractivity contribution is -0.105. The SMILES string of the molecule is Cc1cnc(NC=O)cc1-n1cc(C2=NC(N)CC=C2)c(-c2ccccc2Cl)n1. The van der Waals surface area contributed by atoms with E-state index < -0.39 is 0 Å². The smallest absolute Gasteiger partial charge is 0.212 e. The highest BCUT2D eigenvalue weighted by atomic mass is 35.5. The van der Waals surface area contributed by atoms with Crippen LogP contribution < -0.4 is 11.1 Å². The average Bonchev–Trinajstić information content (AvgIpc) is 3.15. The average molecular weight is 407 g/mol. The van der Waals surface area contributed by atoms with Crippen molar-refractivity contribution in [3.05, 3.63) is 71.0 Å². The minimum absolute atomic E-state index is 0.288. The number of benzene rings is 1. The highest BCUT2D eigenvalue weighted by Gasteiger charge is 2.20. The number of hydrogen-bond donors (Lipinski definition) is 2. The normalized spacial score (nSPS) is 15.8. The van der Waals surface area contributed by atoms with Crippen molar-refractivity contribution in [1.29, 1.82) is 0 Å². The van der Waals surface area contributed by atoms with Gasteiger partial charge in [0.2, 0.25) is 6.41 Å². The van der Waals surface area contributed by atoms with Gasteiger partial charge < -0.3 is 11.1 Å². The summed E-state index contributed by atoms with van der Waals surface area (Å²) in [6.45, 7) is 1.93. The number of carbonyl (C=O) groups excluding carboxylic acids is 1. The zero-order chi connectivity index (χ0) is 20.4. The summed E-state index contributed by atoms with van der Waals surface area (Å²) in [7, 11) is 0. The maximum Gasteiger partial charge on any atom is 0.212 e. The molecular formula is C21H19ClN6O. The van der Waals surface area contributed by atoms with Crippen LogP contribution >= 0.6 is 11.6 Å². The van der Waals surface area contributed by atoms with Gasteiger partial charge in [0, 0.05) is 36.0 Å². The number of pyridine rings is 1. The Morgan fingerprint density at radius 1 is 1.31 bits per heavy atom. The Labute approximate surface area is 172 Å². The standard InChI is InChI=1S/C21H19ClN6O/c1-13-10-24-20(25-12-29)9-18(13)28-11-15(17-7-4-8-19(23)26-17)21(27-28)14-5-2-3-6-16(14)22/h2-7,9-12,19H,8,23H2,1H3,(H,24,25,29). The molecule has 0 saturated heterocycles. The van der Waals surface area contributed by atoms with Crippen LogP contribution in [0.4, 0.5) is 5.82 Å². The molecular weight excluding hydrogens is 388 g/mol. The number of dihydropyridines is 1. The number of anilines is 1. The van der Waals surface area contributed by atoms with Crippen molar-refractivity contribution >= 4 is 29.5 Å². The van der Waals surface area contributed by atoms with Crippen molar-refractivity contribution in [2.45, 2.75) is 19.5 Å². The molecule has 1 atom stereocenters. The second kappa shape index (κ2) is 7.98. The molecule has 1 aromatic carbocycles. The molecule has 2 aromatic heterocycles. The van der Waals surface area contributed by atoms with E-state index in [1.54, 1.807) is 16.9 Å². The maximum atomic E-state index is 10.8.